The third-order valence-corrected chi connectivity index (χ3v) is 1.06. The summed E-state index contributed by atoms with van der Waals surface area (Å²) in [6, 6.07) is 0. The first-order chi connectivity index (χ1) is 5.38. The van der Waals surface area contributed by atoms with Gasteiger partial charge in [-0.3, -0.25) is 0 Å². The number of hydrogen-bond donors (Lipinski definition) is 0. The highest BCUT2D eigenvalue weighted by atomic mass is 15.0. The molecule has 0 amide bonds. The molecule has 0 spiro atoms. The van der Waals surface area contributed by atoms with Crippen molar-refractivity contribution in [2.45, 2.75) is 6.92 Å². The number of aliphatic imine (C=N–C) groups is 2. The van der Waals surface area contributed by atoms with Crippen LogP contribution in [0.25, 0.3) is 0 Å². The monoisotopic (exact) mass is 148 g/mol. The van der Waals surface area contributed by atoms with Crippen LogP contribution in [0, 0.1) is 0 Å². The second-order valence-corrected chi connectivity index (χ2v) is 1.75. The normalized spacial score (nSPS) is 10.3. The molecule has 0 saturated heterocycles. The molecule has 0 radical (unpaired) electrons. The maximum atomic E-state index is 3.95. The fourth-order valence-corrected chi connectivity index (χ4v) is 0.648. The minimum atomic E-state index is 0.464. The molecule has 4 nitrogen and oxygen atoms in total. The predicted octanol–water partition coefficient (Wildman–Crippen LogP) is 1.53. The highest BCUT2D eigenvalue weighted by molar-refractivity contribution is 5.64. The third kappa shape index (κ3) is 1.67. The van der Waals surface area contributed by atoms with Crippen molar-refractivity contribution in [2.75, 3.05) is 0 Å². The molecule has 1 aromatic rings. The van der Waals surface area contributed by atoms with Crippen LogP contribution in [0.4, 0.5) is 11.6 Å². The summed E-state index contributed by atoms with van der Waals surface area (Å²) in [6.45, 7) is 5.15. The van der Waals surface area contributed by atoms with E-state index in [0.29, 0.717) is 11.6 Å². The van der Waals surface area contributed by atoms with Crippen molar-refractivity contribution in [1.29, 1.82) is 0 Å². The Bertz CT molecular complexity index is 280. The van der Waals surface area contributed by atoms with Crippen LogP contribution in [-0.4, -0.2) is 22.9 Å². The van der Waals surface area contributed by atoms with Gasteiger partial charge in [-0.15, -0.1) is 0 Å². The van der Waals surface area contributed by atoms with Crippen LogP contribution in [0.3, 0.4) is 0 Å². The van der Waals surface area contributed by atoms with Crippen LogP contribution in [0.1, 0.15) is 6.92 Å². The molecule has 0 aliphatic rings. The van der Waals surface area contributed by atoms with E-state index in [0.717, 1.165) is 0 Å². The molecule has 56 valence electrons. The van der Waals surface area contributed by atoms with Crippen LogP contribution >= 0.6 is 0 Å². The van der Waals surface area contributed by atoms with E-state index in [9.17, 15) is 0 Å². The van der Waals surface area contributed by atoms with E-state index in [1.165, 1.54) is 0 Å². The molecule has 0 atom stereocenters. The molecular formula is C7H8N4. The molecule has 1 rings (SSSR count). The van der Waals surface area contributed by atoms with E-state index in [1.807, 2.05) is 6.92 Å². The van der Waals surface area contributed by atoms with Crippen molar-refractivity contribution in [2.24, 2.45) is 9.98 Å². The average Bonchev–Trinajstić information content (AvgIpc) is 2.06. The molecule has 0 unspecified atom stereocenters. The zero-order valence-electron chi connectivity index (χ0n) is 6.23. The average molecular weight is 148 g/mol. The van der Waals surface area contributed by atoms with Gasteiger partial charge in [0.25, 0.3) is 0 Å². The van der Waals surface area contributed by atoms with Gasteiger partial charge < -0.3 is 0 Å². The molecule has 1 heterocycles. The summed E-state index contributed by atoms with van der Waals surface area (Å²) in [5, 5.41) is 0. The molecule has 11 heavy (non-hydrogen) atoms. The second-order valence-electron chi connectivity index (χ2n) is 1.75. The van der Waals surface area contributed by atoms with Gasteiger partial charge >= 0.3 is 0 Å². The fraction of sp³-hybridized carbons (Fsp3) is 0.143. The largest absolute Gasteiger partial charge is 0.242 e. The molecule has 0 fully saturated rings. The Kier molecular flexibility index (Phi) is 2.43. The van der Waals surface area contributed by atoms with Crippen molar-refractivity contribution in [1.82, 2.24) is 9.97 Å². The number of hydrogen-bond acceptors (Lipinski definition) is 4. The van der Waals surface area contributed by atoms with E-state index >= 15 is 0 Å². The SMILES string of the molecule is C=Nc1nccnc1/N=C\C. The summed E-state index contributed by atoms with van der Waals surface area (Å²) >= 11 is 0. The van der Waals surface area contributed by atoms with E-state index in [4.69, 9.17) is 0 Å². The molecule has 4 heteroatoms. The number of aromatic nitrogens is 2. The van der Waals surface area contributed by atoms with E-state index in [2.05, 4.69) is 26.7 Å². The van der Waals surface area contributed by atoms with Gasteiger partial charge in [0, 0.05) is 18.6 Å². The van der Waals surface area contributed by atoms with Crippen LogP contribution in [0.15, 0.2) is 22.4 Å². The Morgan fingerprint density at radius 3 is 2.55 bits per heavy atom. The van der Waals surface area contributed by atoms with Crippen molar-refractivity contribution >= 4 is 24.6 Å². The lowest BCUT2D eigenvalue weighted by Gasteiger charge is -1.93. The molecule has 0 aliphatic heterocycles. The zero-order chi connectivity index (χ0) is 8.10. The van der Waals surface area contributed by atoms with Crippen LogP contribution in [0.2, 0.25) is 0 Å². The quantitative estimate of drug-likeness (QED) is 0.597. The maximum absolute atomic E-state index is 3.95. The second kappa shape index (κ2) is 3.55. The van der Waals surface area contributed by atoms with Gasteiger partial charge in [0.15, 0.2) is 11.6 Å². The third-order valence-electron chi connectivity index (χ3n) is 1.06. The number of rotatable bonds is 2. The van der Waals surface area contributed by atoms with Crippen LogP contribution in [-0.2, 0) is 0 Å². The number of nitrogens with zero attached hydrogens (tertiary/aromatic N) is 4. The Balaban J connectivity index is 3.11. The summed E-state index contributed by atoms with van der Waals surface area (Å²) in [4.78, 5) is 15.5. The lowest BCUT2D eigenvalue weighted by molar-refractivity contribution is 1.16. The first kappa shape index (κ1) is 7.53. The smallest absolute Gasteiger partial charge is 0.197 e. The summed E-state index contributed by atoms with van der Waals surface area (Å²) in [5.41, 5.74) is 0. The minimum Gasteiger partial charge on any atom is -0.242 e. The summed E-state index contributed by atoms with van der Waals surface area (Å²) in [7, 11) is 0. The molecule has 0 aromatic carbocycles. The molecular weight excluding hydrogens is 140 g/mol. The van der Waals surface area contributed by atoms with Crippen LogP contribution in [0.5, 0.6) is 0 Å². The van der Waals surface area contributed by atoms with Crippen molar-refractivity contribution in [3.8, 4) is 0 Å². The first-order valence-electron chi connectivity index (χ1n) is 3.15. The molecule has 1 aromatic heterocycles. The molecule has 0 aliphatic carbocycles. The Hall–Kier alpha value is -1.58. The van der Waals surface area contributed by atoms with Gasteiger partial charge in [-0.1, -0.05) is 0 Å². The van der Waals surface area contributed by atoms with Gasteiger partial charge in [-0.05, 0) is 13.6 Å². The highest BCUT2D eigenvalue weighted by Crippen LogP contribution is 2.19. The van der Waals surface area contributed by atoms with Crippen molar-refractivity contribution in [3.63, 3.8) is 0 Å². The lowest BCUT2D eigenvalue weighted by atomic mass is 10.6. The molecule has 0 N–H and O–H groups in total. The highest BCUT2D eigenvalue weighted by Gasteiger charge is 1.97. The van der Waals surface area contributed by atoms with Gasteiger partial charge in [0.1, 0.15) is 0 Å². The van der Waals surface area contributed by atoms with Gasteiger partial charge in [0.2, 0.25) is 0 Å². The summed E-state index contributed by atoms with van der Waals surface area (Å²) in [5.74, 6) is 0.968. The topological polar surface area (TPSA) is 50.5 Å². The minimum absolute atomic E-state index is 0.464. The predicted molar refractivity (Wildman–Crippen MR) is 45.1 cm³/mol. The van der Waals surface area contributed by atoms with E-state index in [1.54, 1.807) is 18.6 Å². The van der Waals surface area contributed by atoms with Gasteiger partial charge in [-0.25, -0.2) is 20.0 Å². The maximum Gasteiger partial charge on any atom is 0.197 e. The Labute approximate surface area is 64.8 Å². The Morgan fingerprint density at radius 1 is 1.36 bits per heavy atom. The summed E-state index contributed by atoms with van der Waals surface area (Å²) < 4.78 is 0. The summed E-state index contributed by atoms with van der Waals surface area (Å²) in [6.07, 6.45) is 4.76. The van der Waals surface area contributed by atoms with E-state index < -0.39 is 0 Å². The van der Waals surface area contributed by atoms with Crippen molar-refractivity contribution in [3.05, 3.63) is 12.4 Å². The molecule has 0 bridgehead atoms. The zero-order valence-corrected chi connectivity index (χ0v) is 6.23. The van der Waals surface area contributed by atoms with Gasteiger partial charge in [0.05, 0.1) is 0 Å². The fourth-order valence-electron chi connectivity index (χ4n) is 0.648. The Morgan fingerprint density at radius 2 is 2.00 bits per heavy atom. The molecule has 0 saturated carbocycles. The lowest BCUT2D eigenvalue weighted by Crippen LogP contribution is -1.78. The van der Waals surface area contributed by atoms with Gasteiger partial charge in [-0.2, -0.15) is 0 Å². The first-order valence-corrected chi connectivity index (χ1v) is 3.15. The van der Waals surface area contributed by atoms with Crippen molar-refractivity contribution < 1.29 is 0 Å². The van der Waals surface area contributed by atoms with Crippen LogP contribution < -0.4 is 0 Å². The standard InChI is InChI=1S/C7H8N4/c1-3-9-7-6(8-2)10-4-5-11-7/h3-5H,2H2,1H3/b9-3-. The van der Waals surface area contributed by atoms with E-state index in [-0.39, 0.29) is 0 Å².